The molecule has 1 N–H and O–H groups in total. The summed E-state index contributed by atoms with van der Waals surface area (Å²) in [5, 5.41) is 3.20. The molecule has 0 spiro atoms. The van der Waals surface area contributed by atoms with Gasteiger partial charge in [0.15, 0.2) is 0 Å². The SMILES string of the molecule is COC(=O)c1cc(F)ccc1NCC1CCOCC1. The summed E-state index contributed by atoms with van der Waals surface area (Å²) < 4.78 is 23.1. The van der Waals surface area contributed by atoms with Gasteiger partial charge in [0.2, 0.25) is 0 Å². The van der Waals surface area contributed by atoms with Gasteiger partial charge in [-0.1, -0.05) is 0 Å². The number of carbonyl (C=O) groups is 1. The largest absolute Gasteiger partial charge is 0.465 e. The molecule has 1 heterocycles. The Labute approximate surface area is 111 Å². The molecule has 1 aliphatic heterocycles. The molecule has 0 aromatic heterocycles. The maximum atomic E-state index is 13.2. The molecule has 1 saturated heterocycles. The number of methoxy groups -OCH3 is 1. The predicted molar refractivity (Wildman–Crippen MR) is 69.8 cm³/mol. The molecule has 0 amide bonds. The van der Waals surface area contributed by atoms with E-state index in [9.17, 15) is 9.18 Å². The van der Waals surface area contributed by atoms with Gasteiger partial charge in [0, 0.05) is 25.4 Å². The van der Waals surface area contributed by atoms with Crippen LogP contribution >= 0.6 is 0 Å². The minimum absolute atomic E-state index is 0.231. The first-order chi connectivity index (χ1) is 9.20. The van der Waals surface area contributed by atoms with Crippen LogP contribution in [0.4, 0.5) is 10.1 Å². The molecular formula is C14H18FNO3. The van der Waals surface area contributed by atoms with Gasteiger partial charge in [0.1, 0.15) is 5.82 Å². The number of carbonyl (C=O) groups excluding carboxylic acids is 1. The van der Waals surface area contributed by atoms with E-state index in [4.69, 9.17) is 4.74 Å². The Kier molecular flexibility index (Phi) is 4.74. The van der Waals surface area contributed by atoms with Gasteiger partial charge in [-0.2, -0.15) is 0 Å². The molecule has 104 valence electrons. The van der Waals surface area contributed by atoms with Crippen LogP contribution in [0.3, 0.4) is 0 Å². The Morgan fingerprint density at radius 2 is 2.21 bits per heavy atom. The van der Waals surface area contributed by atoms with Gasteiger partial charge in [-0.05, 0) is 37.0 Å². The van der Waals surface area contributed by atoms with E-state index in [1.807, 2.05) is 0 Å². The van der Waals surface area contributed by atoms with E-state index < -0.39 is 11.8 Å². The van der Waals surface area contributed by atoms with Crippen LogP contribution in [0, 0.1) is 11.7 Å². The molecule has 0 bridgehead atoms. The summed E-state index contributed by atoms with van der Waals surface area (Å²) in [6.07, 6.45) is 2.00. The average molecular weight is 267 g/mol. The van der Waals surface area contributed by atoms with Crippen molar-refractivity contribution in [3.05, 3.63) is 29.6 Å². The number of halogens is 1. The summed E-state index contributed by atoms with van der Waals surface area (Å²) in [7, 11) is 1.29. The molecule has 5 heteroatoms. The number of hydrogen-bond donors (Lipinski definition) is 1. The minimum Gasteiger partial charge on any atom is -0.465 e. The fourth-order valence-corrected chi connectivity index (χ4v) is 2.15. The number of rotatable bonds is 4. The Hall–Kier alpha value is -1.62. The molecule has 19 heavy (non-hydrogen) atoms. The third kappa shape index (κ3) is 3.67. The van der Waals surface area contributed by atoms with E-state index in [-0.39, 0.29) is 5.56 Å². The van der Waals surface area contributed by atoms with Crippen molar-refractivity contribution in [1.82, 2.24) is 0 Å². The number of anilines is 1. The van der Waals surface area contributed by atoms with Gasteiger partial charge in [-0.25, -0.2) is 9.18 Å². The van der Waals surface area contributed by atoms with Crippen molar-refractivity contribution in [2.45, 2.75) is 12.8 Å². The molecule has 1 fully saturated rings. The van der Waals surface area contributed by atoms with Crippen molar-refractivity contribution in [2.24, 2.45) is 5.92 Å². The van der Waals surface area contributed by atoms with Crippen molar-refractivity contribution in [1.29, 1.82) is 0 Å². The average Bonchev–Trinajstić information content (AvgIpc) is 2.46. The lowest BCUT2D eigenvalue weighted by Crippen LogP contribution is -2.23. The Morgan fingerprint density at radius 1 is 1.47 bits per heavy atom. The van der Waals surface area contributed by atoms with Gasteiger partial charge >= 0.3 is 5.97 Å². The molecule has 0 atom stereocenters. The molecule has 1 aromatic rings. The van der Waals surface area contributed by atoms with Crippen LogP contribution in [-0.4, -0.2) is 32.8 Å². The van der Waals surface area contributed by atoms with Crippen molar-refractivity contribution in [2.75, 3.05) is 32.2 Å². The van der Waals surface area contributed by atoms with E-state index in [0.29, 0.717) is 11.6 Å². The van der Waals surface area contributed by atoms with Crippen molar-refractivity contribution < 1.29 is 18.7 Å². The number of benzene rings is 1. The third-order valence-electron chi connectivity index (χ3n) is 3.31. The first kappa shape index (κ1) is 13.8. The quantitative estimate of drug-likeness (QED) is 0.851. The molecule has 0 unspecified atom stereocenters. The molecule has 0 aliphatic carbocycles. The minimum atomic E-state index is -0.533. The first-order valence-electron chi connectivity index (χ1n) is 6.40. The summed E-state index contributed by atoms with van der Waals surface area (Å²) in [6.45, 7) is 2.30. The summed E-state index contributed by atoms with van der Waals surface area (Å²) in [5.41, 5.74) is 0.842. The van der Waals surface area contributed by atoms with Crippen molar-refractivity contribution in [3.63, 3.8) is 0 Å². The lowest BCUT2D eigenvalue weighted by Gasteiger charge is -2.23. The van der Waals surface area contributed by atoms with Crippen molar-refractivity contribution >= 4 is 11.7 Å². The normalized spacial score (nSPS) is 16.1. The highest BCUT2D eigenvalue weighted by atomic mass is 19.1. The van der Waals surface area contributed by atoms with E-state index in [2.05, 4.69) is 10.1 Å². The lowest BCUT2D eigenvalue weighted by atomic mass is 10.00. The molecule has 1 aliphatic rings. The summed E-state index contributed by atoms with van der Waals surface area (Å²) >= 11 is 0. The zero-order chi connectivity index (χ0) is 13.7. The van der Waals surface area contributed by atoms with Gasteiger partial charge in [0.25, 0.3) is 0 Å². The van der Waals surface area contributed by atoms with Gasteiger partial charge < -0.3 is 14.8 Å². The van der Waals surface area contributed by atoms with Crippen LogP contribution in [0.2, 0.25) is 0 Å². The van der Waals surface area contributed by atoms with E-state index >= 15 is 0 Å². The summed E-state index contributed by atoms with van der Waals surface area (Å²) in [5.74, 6) is -0.463. The maximum absolute atomic E-state index is 13.2. The smallest absolute Gasteiger partial charge is 0.340 e. The number of nitrogens with one attached hydrogen (secondary N) is 1. The maximum Gasteiger partial charge on any atom is 0.340 e. The van der Waals surface area contributed by atoms with E-state index in [1.165, 1.54) is 19.2 Å². The van der Waals surface area contributed by atoms with Crippen LogP contribution in [0.5, 0.6) is 0 Å². The first-order valence-corrected chi connectivity index (χ1v) is 6.40. The summed E-state index contributed by atoms with van der Waals surface area (Å²) in [4.78, 5) is 11.6. The van der Waals surface area contributed by atoms with Crippen LogP contribution in [-0.2, 0) is 9.47 Å². The van der Waals surface area contributed by atoms with Crippen molar-refractivity contribution in [3.8, 4) is 0 Å². The van der Waals surface area contributed by atoms with Gasteiger partial charge in [-0.3, -0.25) is 0 Å². The zero-order valence-corrected chi connectivity index (χ0v) is 10.9. The Balaban J connectivity index is 2.04. The zero-order valence-electron chi connectivity index (χ0n) is 10.9. The highest BCUT2D eigenvalue weighted by Crippen LogP contribution is 2.21. The monoisotopic (exact) mass is 267 g/mol. The van der Waals surface area contributed by atoms with E-state index in [1.54, 1.807) is 6.07 Å². The Morgan fingerprint density at radius 3 is 2.89 bits per heavy atom. The number of esters is 1. The second-order valence-electron chi connectivity index (χ2n) is 4.62. The predicted octanol–water partition coefficient (Wildman–Crippen LogP) is 2.45. The molecule has 4 nitrogen and oxygen atoms in total. The second kappa shape index (κ2) is 6.52. The lowest BCUT2D eigenvalue weighted by molar-refractivity contribution is 0.0600. The molecule has 2 rings (SSSR count). The molecule has 1 aromatic carbocycles. The third-order valence-corrected chi connectivity index (χ3v) is 3.31. The van der Waals surface area contributed by atoms with Crippen LogP contribution < -0.4 is 5.32 Å². The molecule has 0 saturated carbocycles. The fourth-order valence-electron chi connectivity index (χ4n) is 2.15. The highest BCUT2D eigenvalue weighted by molar-refractivity contribution is 5.95. The Bertz CT molecular complexity index is 444. The van der Waals surface area contributed by atoms with E-state index in [0.717, 1.165) is 32.6 Å². The standard InChI is InChI=1S/C14H18FNO3/c1-18-14(17)12-8-11(15)2-3-13(12)16-9-10-4-6-19-7-5-10/h2-3,8,10,16H,4-7,9H2,1H3. The van der Waals surface area contributed by atoms with Gasteiger partial charge in [-0.15, -0.1) is 0 Å². The molecule has 0 radical (unpaired) electrons. The molecular weight excluding hydrogens is 249 g/mol. The van der Waals surface area contributed by atoms with Crippen LogP contribution in [0.25, 0.3) is 0 Å². The highest BCUT2D eigenvalue weighted by Gasteiger charge is 2.16. The topological polar surface area (TPSA) is 47.6 Å². The summed E-state index contributed by atoms with van der Waals surface area (Å²) in [6, 6.07) is 4.10. The number of hydrogen-bond acceptors (Lipinski definition) is 4. The fraction of sp³-hybridized carbons (Fsp3) is 0.500. The van der Waals surface area contributed by atoms with Crippen LogP contribution in [0.15, 0.2) is 18.2 Å². The second-order valence-corrected chi connectivity index (χ2v) is 4.62. The number of ether oxygens (including phenoxy) is 2. The van der Waals surface area contributed by atoms with Crippen LogP contribution in [0.1, 0.15) is 23.2 Å². The van der Waals surface area contributed by atoms with Gasteiger partial charge in [0.05, 0.1) is 12.7 Å².